The van der Waals surface area contributed by atoms with E-state index in [-0.39, 0.29) is 11.9 Å². The fraction of sp³-hybridized carbons (Fsp3) is 0.611. The first-order valence-electron chi connectivity index (χ1n) is 8.37. The van der Waals surface area contributed by atoms with Gasteiger partial charge < -0.3 is 20.1 Å². The van der Waals surface area contributed by atoms with E-state index in [0.29, 0.717) is 38.8 Å². The van der Waals surface area contributed by atoms with Crippen molar-refractivity contribution in [3.63, 3.8) is 0 Å². The molecule has 0 bridgehead atoms. The molecule has 1 saturated heterocycles. The van der Waals surface area contributed by atoms with Crippen LogP contribution in [0.25, 0.3) is 0 Å². The van der Waals surface area contributed by atoms with Crippen LogP contribution in [-0.2, 0) is 16.1 Å². The number of ether oxygens (including phenoxy) is 2. The van der Waals surface area contributed by atoms with Crippen LogP contribution in [0.4, 0.5) is 0 Å². The van der Waals surface area contributed by atoms with Crippen molar-refractivity contribution in [1.29, 1.82) is 0 Å². The molecule has 1 heterocycles. The molecule has 1 aromatic rings. The zero-order chi connectivity index (χ0) is 16.7. The summed E-state index contributed by atoms with van der Waals surface area (Å²) in [5.41, 5.74) is 2.16. The van der Waals surface area contributed by atoms with Gasteiger partial charge in [-0.15, -0.1) is 0 Å². The van der Waals surface area contributed by atoms with Crippen molar-refractivity contribution in [2.24, 2.45) is 5.92 Å². The lowest BCUT2D eigenvalue weighted by Gasteiger charge is -2.23. The Balaban J connectivity index is 1.91. The number of hydrogen-bond donors (Lipinski definition) is 2. The molecule has 5 heteroatoms. The molecule has 0 aliphatic carbocycles. The zero-order valence-electron chi connectivity index (χ0n) is 14.4. The average molecular weight is 320 g/mol. The summed E-state index contributed by atoms with van der Waals surface area (Å²) in [6, 6.07) is 5.83. The van der Waals surface area contributed by atoms with Gasteiger partial charge in [-0.05, 0) is 30.9 Å². The van der Waals surface area contributed by atoms with Crippen molar-refractivity contribution in [2.45, 2.75) is 39.8 Å². The third-order valence-electron chi connectivity index (χ3n) is 3.87. The Labute approximate surface area is 138 Å². The first kappa shape index (κ1) is 17.8. The normalized spacial score (nSPS) is 18.0. The molecule has 1 atom stereocenters. The van der Waals surface area contributed by atoms with E-state index in [0.717, 1.165) is 23.3 Å². The predicted octanol–water partition coefficient (Wildman–Crippen LogP) is 2.02. The van der Waals surface area contributed by atoms with E-state index in [1.165, 1.54) is 0 Å². The highest BCUT2D eigenvalue weighted by molar-refractivity contribution is 5.82. The number of benzene rings is 1. The fourth-order valence-electron chi connectivity index (χ4n) is 2.39. The van der Waals surface area contributed by atoms with Gasteiger partial charge in [0.25, 0.3) is 0 Å². The smallest absolute Gasteiger partial charge is 0.239 e. The summed E-state index contributed by atoms with van der Waals surface area (Å²) in [7, 11) is 0. The number of morpholine rings is 1. The Kier molecular flexibility index (Phi) is 6.86. The number of amides is 1. The van der Waals surface area contributed by atoms with Crippen molar-refractivity contribution >= 4 is 5.91 Å². The predicted molar refractivity (Wildman–Crippen MR) is 90.6 cm³/mol. The molecule has 1 fully saturated rings. The maximum absolute atomic E-state index is 12.2. The van der Waals surface area contributed by atoms with Gasteiger partial charge in [0.1, 0.15) is 11.8 Å². The summed E-state index contributed by atoms with van der Waals surface area (Å²) in [5, 5.41) is 6.12. The highest BCUT2D eigenvalue weighted by Crippen LogP contribution is 2.21. The van der Waals surface area contributed by atoms with Gasteiger partial charge >= 0.3 is 0 Å². The fourth-order valence-corrected chi connectivity index (χ4v) is 2.39. The van der Waals surface area contributed by atoms with Gasteiger partial charge in [-0.25, -0.2) is 0 Å². The molecule has 1 aliphatic heterocycles. The number of carbonyl (C=O) groups excluding carboxylic acids is 1. The standard InChI is InChI=1S/C18H28N2O3/c1-13(2)6-8-23-17-10-14(3)4-5-15(17)11-20-18(21)16-12-22-9-7-19-16/h4-5,10,13,16,19H,6-9,11-12H2,1-3H3,(H,20,21). The molecule has 23 heavy (non-hydrogen) atoms. The van der Waals surface area contributed by atoms with Crippen LogP contribution >= 0.6 is 0 Å². The third kappa shape index (κ3) is 5.84. The molecule has 0 aromatic heterocycles. The molecule has 1 aromatic carbocycles. The molecule has 1 aliphatic rings. The van der Waals surface area contributed by atoms with Crippen molar-refractivity contribution in [2.75, 3.05) is 26.4 Å². The molecular formula is C18H28N2O3. The van der Waals surface area contributed by atoms with E-state index >= 15 is 0 Å². The van der Waals surface area contributed by atoms with Crippen LogP contribution in [0.1, 0.15) is 31.4 Å². The summed E-state index contributed by atoms with van der Waals surface area (Å²) in [4.78, 5) is 12.2. The summed E-state index contributed by atoms with van der Waals surface area (Å²) in [5.74, 6) is 1.44. The second-order valence-electron chi connectivity index (χ2n) is 6.44. The maximum Gasteiger partial charge on any atom is 0.239 e. The topological polar surface area (TPSA) is 59.6 Å². The van der Waals surface area contributed by atoms with Crippen LogP contribution in [0.15, 0.2) is 18.2 Å². The van der Waals surface area contributed by atoms with Gasteiger partial charge in [0.15, 0.2) is 0 Å². The van der Waals surface area contributed by atoms with E-state index in [1.54, 1.807) is 0 Å². The molecule has 0 saturated carbocycles. The Morgan fingerprint density at radius 1 is 1.48 bits per heavy atom. The van der Waals surface area contributed by atoms with Gasteiger partial charge in [0.05, 0.1) is 19.8 Å². The van der Waals surface area contributed by atoms with E-state index in [4.69, 9.17) is 9.47 Å². The maximum atomic E-state index is 12.2. The first-order chi connectivity index (χ1) is 11.1. The Morgan fingerprint density at radius 3 is 3.00 bits per heavy atom. The lowest BCUT2D eigenvalue weighted by molar-refractivity contribution is -0.126. The number of rotatable bonds is 7. The minimum Gasteiger partial charge on any atom is -0.493 e. The van der Waals surface area contributed by atoms with Gasteiger partial charge in [0, 0.05) is 18.7 Å². The summed E-state index contributed by atoms with van der Waals surface area (Å²) in [6.45, 7) is 9.37. The first-order valence-corrected chi connectivity index (χ1v) is 8.37. The van der Waals surface area contributed by atoms with Crippen LogP contribution in [0.5, 0.6) is 5.75 Å². The van der Waals surface area contributed by atoms with Gasteiger partial charge in [0.2, 0.25) is 5.91 Å². The Bertz CT molecular complexity index is 511. The highest BCUT2D eigenvalue weighted by Gasteiger charge is 2.21. The average Bonchev–Trinajstić information content (AvgIpc) is 2.54. The largest absolute Gasteiger partial charge is 0.493 e. The van der Waals surface area contributed by atoms with Crippen molar-refractivity contribution in [1.82, 2.24) is 10.6 Å². The summed E-state index contributed by atoms with van der Waals surface area (Å²) < 4.78 is 11.2. The van der Waals surface area contributed by atoms with E-state index in [2.05, 4.69) is 24.5 Å². The zero-order valence-corrected chi connectivity index (χ0v) is 14.4. The third-order valence-corrected chi connectivity index (χ3v) is 3.87. The van der Waals surface area contributed by atoms with Crippen LogP contribution in [0, 0.1) is 12.8 Å². The molecule has 0 spiro atoms. The second kappa shape index (κ2) is 8.89. The van der Waals surface area contributed by atoms with E-state index < -0.39 is 0 Å². The van der Waals surface area contributed by atoms with E-state index in [1.807, 2.05) is 25.1 Å². The van der Waals surface area contributed by atoms with E-state index in [9.17, 15) is 4.79 Å². The minimum absolute atomic E-state index is 0.0293. The number of carbonyl (C=O) groups is 1. The molecule has 1 unspecified atom stereocenters. The number of nitrogens with one attached hydrogen (secondary N) is 2. The number of aryl methyl sites for hydroxylation is 1. The monoisotopic (exact) mass is 320 g/mol. The summed E-state index contributed by atoms with van der Waals surface area (Å²) in [6.07, 6.45) is 1.02. The minimum atomic E-state index is -0.264. The van der Waals surface area contributed by atoms with Crippen molar-refractivity contribution in [3.05, 3.63) is 29.3 Å². The number of hydrogen-bond acceptors (Lipinski definition) is 4. The molecule has 2 rings (SSSR count). The van der Waals surface area contributed by atoms with Gasteiger partial charge in [-0.1, -0.05) is 26.0 Å². The van der Waals surface area contributed by atoms with Crippen LogP contribution in [0.3, 0.4) is 0 Å². The summed E-state index contributed by atoms with van der Waals surface area (Å²) >= 11 is 0. The molecule has 2 N–H and O–H groups in total. The second-order valence-corrected chi connectivity index (χ2v) is 6.44. The lowest BCUT2D eigenvalue weighted by Crippen LogP contribution is -2.51. The van der Waals surface area contributed by atoms with Gasteiger partial charge in [-0.2, -0.15) is 0 Å². The Morgan fingerprint density at radius 2 is 2.30 bits per heavy atom. The highest BCUT2D eigenvalue weighted by atomic mass is 16.5. The van der Waals surface area contributed by atoms with Crippen LogP contribution in [0.2, 0.25) is 0 Å². The molecule has 0 radical (unpaired) electrons. The lowest BCUT2D eigenvalue weighted by atomic mass is 10.1. The van der Waals surface area contributed by atoms with Crippen molar-refractivity contribution in [3.8, 4) is 5.75 Å². The molecular weight excluding hydrogens is 292 g/mol. The van der Waals surface area contributed by atoms with Gasteiger partial charge in [-0.3, -0.25) is 4.79 Å². The SMILES string of the molecule is Cc1ccc(CNC(=O)C2COCCN2)c(OCCC(C)C)c1. The molecule has 128 valence electrons. The van der Waals surface area contributed by atoms with Crippen LogP contribution in [-0.4, -0.2) is 38.3 Å². The van der Waals surface area contributed by atoms with Crippen molar-refractivity contribution < 1.29 is 14.3 Å². The molecule has 1 amide bonds. The Hall–Kier alpha value is -1.59. The molecule has 5 nitrogen and oxygen atoms in total. The van der Waals surface area contributed by atoms with Crippen LogP contribution < -0.4 is 15.4 Å². The quantitative estimate of drug-likeness (QED) is 0.807.